The summed E-state index contributed by atoms with van der Waals surface area (Å²) in [4.78, 5) is 0. The van der Waals surface area contributed by atoms with Crippen molar-refractivity contribution in [2.45, 2.75) is 78.6 Å². The van der Waals surface area contributed by atoms with Crippen molar-refractivity contribution in [2.24, 2.45) is 11.3 Å². The minimum atomic E-state index is 0.697. The average Bonchev–Trinajstić information content (AvgIpc) is 2.17. The van der Waals surface area contributed by atoms with Crippen molar-refractivity contribution in [1.82, 2.24) is 0 Å². The summed E-state index contributed by atoms with van der Waals surface area (Å²) in [6, 6.07) is 0. The smallest absolute Gasteiger partial charge is 0.0298 e. The average molecular weight is 196 g/mol. The van der Waals surface area contributed by atoms with E-state index in [-0.39, 0.29) is 0 Å². The van der Waals surface area contributed by atoms with Crippen LogP contribution in [0.25, 0.3) is 0 Å². The molecule has 0 aromatic rings. The van der Waals surface area contributed by atoms with Gasteiger partial charge in [0, 0.05) is 0 Å². The van der Waals surface area contributed by atoms with Crippen LogP contribution < -0.4 is 0 Å². The third kappa shape index (κ3) is 3.00. The van der Waals surface area contributed by atoms with Gasteiger partial charge in [-0.3, -0.25) is 0 Å². The van der Waals surface area contributed by atoms with Crippen molar-refractivity contribution >= 4 is 0 Å². The van der Waals surface area contributed by atoms with Gasteiger partial charge in [0.2, 0.25) is 0 Å². The van der Waals surface area contributed by atoms with Gasteiger partial charge in [0.15, 0.2) is 0 Å². The lowest BCUT2D eigenvalue weighted by Crippen LogP contribution is -2.30. The standard InChI is InChI=1S/C14H28/c1-4-6-9-13-10-7-8-12-14(13,3)11-5-2/h13H,4-12H2,1-3H3/t13-,14+/m0/s1. The highest BCUT2D eigenvalue weighted by Gasteiger charge is 2.34. The van der Waals surface area contributed by atoms with Crippen LogP contribution in [0, 0.1) is 11.3 Å². The zero-order valence-corrected chi connectivity index (χ0v) is 10.4. The van der Waals surface area contributed by atoms with Crippen molar-refractivity contribution < 1.29 is 0 Å². The molecular weight excluding hydrogens is 168 g/mol. The number of hydrogen-bond acceptors (Lipinski definition) is 0. The molecular formula is C14H28. The molecule has 0 saturated heterocycles. The molecule has 14 heavy (non-hydrogen) atoms. The Bertz CT molecular complexity index is 146. The quantitative estimate of drug-likeness (QED) is 0.569. The fraction of sp³-hybridized carbons (Fsp3) is 1.00. The Kier molecular flexibility index (Phi) is 4.98. The maximum atomic E-state index is 2.55. The normalized spacial score (nSPS) is 33.2. The summed E-state index contributed by atoms with van der Waals surface area (Å²) in [5, 5.41) is 0. The molecule has 1 fully saturated rings. The first-order valence-corrected chi connectivity index (χ1v) is 6.73. The molecule has 0 spiro atoms. The van der Waals surface area contributed by atoms with Gasteiger partial charge in [-0.05, 0) is 37.0 Å². The maximum absolute atomic E-state index is 2.55. The predicted molar refractivity (Wildman–Crippen MR) is 64.5 cm³/mol. The third-order valence-electron chi connectivity index (χ3n) is 4.26. The zero-order chi connectivity index (χ0) is 10.4. The Hall–Kier alpha value is 0. The van der Waals surface area contributed by atoms with Gasteiger partial charge in [-0.25, -0.2) is 0 Å². The lowest BCUT2D eigenvalue weighted by molar-refractivity contribution is 0.0934. The molecule has 1 aliphatic rings. The van der Waals surface area contributed by atoms with Crippen LogP contribution in [0.3, 0.4) is 0 Å². The SMILES string of the molecule is CCCC[C@H]1CCCC[C@@]1(C)CCC. The van der Waals surface area contributed by atoms with Gasteiger partial charge in [-0.2, -0.15) is 0 Å². The van der Waals surface area contributed by atoms with Gasteiger partial charge in [0.05, 0.1) is 0 Å². The summed E-state index contributed by atoms with van der Waals surface area (Å²) in [5.74, 6) is 1.04. The molecule has 0 aromatic carbocycles. The van der Waals surface area contributed by atoms with E-state index in [9.17, 15) is 0 Å². The first kappa shape index (κ1) is 12.1. The van der Waals surface area contributed by atoms with E-state index < -0.39 is 0 Å². The molecule has 84 valence electrons. The van der Waals surface area contributed by atoms with Crippen LogP contribution in [0.1, 0.15) is 78.6 Å². The molecule has 0 unspecified atom stereocenters. The summed E-state index contributed by atoms with van der Waals surface area (Å²) in [7, 11) is 0. The second kappa shape index (κ2) is 5.78. The largest absolute Gasteiger partial charge is 0.0654 e. The van der Waals surface area contributed by atoms with Crippen LogP contribution in [-0.2, 0) is 0 Å². The minimum absolute atomic E-state index is 0.697. The highest BCUT2D eigenvalue weighted by molar-refractivity contribution is 4.85. The van der Waals surface area contributed by atoms with E-state index in [0.717, 1.165) is 5.92 Å². The maximum Gasteiger partial charge on any atom is -0.0298 e. The Balaban J connectivity index is 2.48. The van der Waals surface area contributed by atoms with E-state index in [1.165, 1.54) is 57.8 Å². The molecule has 1 aliphatic carbocycles. The fourth-order valence-corrected chi connectivity index (χ4v) is 3.32. The van der Waals surface area contributed by atoms with Gasteiger partial charge < -0.3 is 0 Å². The molecule has 0 aliphatic heterocycles. The van der Waals surface area contributed by atoms with Crippen molar-refractivity contribution in [3.63, 3.8) is 0 Å². The summed E-state index contributed by atoms with van der Waals surface area (Å²) in [5.41, 5.74) is 0.697. The number of hydrogen-bond donors (Lipinski definition) is 0. The van der Waals surface area contributed by atoms with Gasteiger partial charge in [0.25, 0.3) is 0 Å². The second-order valence-electron chi connectivity index (χ2n) is 5.49. The van der Waals surface area contributed by atoms with E-state index >= 15 is 0 Å². The fourth-order valence-electron chi connectivity index (χ4n) is 3.32. The van der Waals surface area contributed by atoms with Gasteiger partial charge in [-0.1, -0.05) is 52.9 Å². The Morgan fingerprint density at radius 2 is 1.93 bits per heavy atom. The molecule has 0 N–H and O–H groups in total. The molecule has 0 nitrogen and oxygen atoms in total. The number of unbranched alkanes of at least 4 members (excludes halogenated alkanes) is 1. The van der Waals surface area contributed by atoms with E-state index in [1.807, 2.05) is 0 Å². The van der Waals surface area contributed by atoms with Crippen molar-refractivity contribution in [2.75, 3.05) is 0 Å². The van der Waals surface area contributed by atoms with Crippen molar-refractivity contribution in [3.05, 3.63) is 0 Å². The van der Waals surface area contributed by atoms with Gasteiger partial charge >= 0.3 is 0 Å². The van der Waals surface area contributed by atoms with E-state index in [4.69, 9.17) is 0 Å². The van der Waals surface area contributed by atoms with Gasteiger partial charge in [-0.15, -0.1) is 0 Å². The second-order valence-corrected chi connectivity index (χ2v) is 5.49. The molecule has 0 amide bonds. The molecule has 0 radical (unpaired) electrons. The lowest BCUT2D eigenvalue weighted by Gasteiger charge is -2.42. The van der Waals surface area contributed by atoms with E-state index in [1.54, 1.807) is 0 Å². The Labute approximate surface area is 90.5 Å². The van der Waals surface area contributed by atoms with E-state index in [2.05, 4.69) is 20.8 Å². The minimum Gasteiger partial charge on any atom is -0.0654 e. The van der Waals surface area contributed by atoms with Gasteiger partial charge in [0.1, 0.15) is 0 Å². The summed E-state index contributed by atoms with van der Waals surface area (Å²) in [6.45, 7) is 7.21. The third-order valence-corrected chi connectivity index (χ3v) is 4.26. The van der Waals surface area contributed by atoms with Crippen LogP contribution >= 0.6 is 0 Å². The lowest BCUT2D eigenvalue weighted by atomic mass is 9.64. The molecule has 0 heteroatoms. The Morgan fingerprint density at radius 1 is 1.14 bits per heavy atom. The van der Waals surface area contributed by atoms with Crippen LogP contribution in [0.15, 0.2) is 0 Å². The highest BCUT2D eigenvalue weighted by Crippen LogP contribution is 2.46. The van der Waals surface area contributed by atoms with Crippen LogP contribution in [0.4, 0.5) is 0 Å². The summed E-state index contributed by atoms with van der Waals surface area (Å²) < 4.78 is 0. The van der Waals surface area contributed by atoms with Crippen molar-refractivity contribution in [1.29, 1.82) is 0 Å². The monoisotopic (exact) mass is 196 g/mol. The van der Waals surface area contributed by atoms with Crippen molar-refractivity contribution in [3.8, 4) is 0 Å². The predicted octanol–water partition coefficient (Wildman–Crippen LogP) is 5.17. The molecule has 1 saturated carbocycles. The first-order valence-electron chi connectivity index (χ1n) is 6.73. The molecule has 0 bridgehead atoms. The topological polar surface area (TPSA) is 0 Å². The molecule has 2 atom stereocenters. The number of rotatable bonds is 5. The van der Waals surface area contributed by atoms with E-state index in [0.29, 0.717) is 5.41 Å². The van der Waals surface area contributed by atoms with Crippen LogP contribution in [-0.4, -0.2) is 0 Å². The van der Waals surface area contributed by atoms with Crippen LogP contribution in [0.5, 0.6) is 0 Å². The zero-order valence-electron chi connectivity index (χ0n) is 10.4. The first-order chi connectivity index (χ1) is 6.73. The molecule has 0 aromatic heterocycles. The summed E-state index contributed by atoms with van der Waals surface area (Å²) in [6.07, 6.45) is 13.1. The summed E-state index contributed by atoms with van der Waals surface area (Å²) >= 11 is 0. The molecule has 0 heterocycles. The molecule has 1 rings (SSSR count). The Morgan fingerprint density at radius 3 is 2.57 bits per heavy atom. The van der Waals surface area contributed by atoms with Crippen LogP contribution in [0.2, 0.25) is 0 Å². The highest BCUT2D eigenvalue weighted by atomic mass is 14.4.